The Hall–Kier alpha value is 0.440. The Balaban J connectivity index is 1.89. The first kappa shape index (κ1) is 11.9. The fourth-order valence-electron chi connectivity index (χ4n) is 3.04. The Morgan fingerprint density at radius 3 is 2.13 bits per heavy atom. The third kappa shape index (κ3) is 2.97. The third-order valence-corrected chi connectivity index (χ3v) is 4.69. The van der Waals surface area contributed by atoms with Crippen molar-refractivity contribution in [2.75, 3.05) is 6.54 Å². The minimum atomic E-state index is 0.491. The van der Waals surface area contributed by atoms with E-state index >= 15 is 0 Å². The molecule has 0 aromatic heterocycles. The molecule has 2 bridgehead atoms. The first-order chi connectivity index (χ1) is 6.96. The van der Waals surface area contributed by atoms with E-state index in [9.17, 15) is 0 Å². The van der Waals surface area contributed by atoms with Crippen molar-refractivity contribution >= 4 is 15.9 Å². The molecule has 0 saturated carbocycles. The molecule has 88 valence electrons. The van der Waals surface area contributed by atoms with E-state index in [1.54, 1.807) is 0 Å². The van der Waals surface area contributed by atoms with Crippen LogP contribution in [0.4, 0.5) is 0 Å². The molecule has 2 fully saturated rings. The second kappa shape index (κ2) is 4.37. The monoisotopic (exact) mass is 273 g/mol. The maximum absolute atomic E-state index is 3.80. The Labute approximate surface area is 103 Å². The molecule has 2 atom stereocenters. The zero-order valence-electron chi connectivity index (χ0n) is 10.3. The summed E-state index contributed by atoms with van der Waals surface area (Å²) in [6.45, 7) is 8.38. The Morgan fingerprint density at radius 1 is 1.13 bits per heavy atom. The number of hydrogen-bond acceptors (Lipinski definition) is 1. The summed E-state index contributed by atoms with van der Waals surface area (Å²) < 4.78 is 0. The van der Waals surface area contributed by atoms with Crippen LogP contribution in [0.2, 0.25) is 0 Å². The van der Waals surface area contributed by atoms with Crippen molar-refractivity contribution in [1.29, 1.82) is 0 Å². The number of rotatable bonds is 2. The lowest BCUT2D eigenvalue weighted by Crippen LogP contribution is -2.44. The summed E-state index contributed by atoms with van der Waals surface area (Å²) in [4.78, 5) is 3.59. The number of nitrogens with zero attached hydrogens (tertiary/aromatic N) is 1. The maximum Gasteiger partial charge on any atom is 0.0175 e. The minimum absolute atomic E-state index is 0.491. The van der Waals surface area contributed by atoms with Crippen molar-refractivity contribution in [3.63, 3.8) is 0 Å². The lowest BCUT2D eigenvalue weighted by molar-refractivity contribution is 0.127. The predicted molar refractivity (Wildman–Crippen MR) is 69.5 cm³/mol. The van der Waals surface area contributed by atoms with E-state index in [0.29, 0.717) is 5.41 Å². The average Bonchev–Trinajstić information content (AvgIpc) is 2.33. The largest absolute Gasteiger partial charge is 0.297 e. The van der Waals surface area contributed by atoms with Gasteiger partial charge in [-0.25, -0.2) is 0 Å². The lowest BCUT2D eigenvalue weighted by atomic mass is 9.91. The molecule has 2 aliphatic rings. The van der Waals surface area contributed by atoms with Gasteiger partial charge >= 0.3 is 0 Å². The van der Waals surface area contributed by atoms with Gasteiger partial charge in [0.2, 0.25) is 0 Å². The van der Waals surface area contributed by atoms with Crippen LogP contribution >= 0.6 is 15.9 Å². The van der Waals surface area contributed by atoms with Gasteiger partial charge in [-0.3, -0.25) is 4.90 Å². The summed E-state index contributed by atoms with van der Waals surface area (Å²) in [5, 5.41) is 0. The van der Waals surface area contributed by atoms with Crippen LogP contribution in [0.15, 0.2) is 0 Å². The smallest absolute Gasteiger partial charge is 0.0175 e. The number of alkyl halides is 1. The van der Waals surface area contributed by atoms with E-state index in [1.807, 2.05) is 0 Å². The standard InChI is InChI=1S/C13H24BrN/c1-13(2,3)6-7-15-11-4-5-12(15)9-10(14)8-11/h10-12H,4-9H2,1-3H3. The van der Waals surface area contributed by atoms with Gasteiger partial charge < -0.3 is 0 Å². The highest BCUT2D eigenvalue weighted by Crippen LogP contribution is 2.39. The highest BCUT2D eigenvalue weighted by molar-refractivity contribution is 9.09. The molecular formula is C13H24BrN. The molecule has 2 aliphatic heterocycles. The van der Waals surface area contributed by atoms with Gasteiger partial charge in [0.25, 0.3) is 0 Å². The summed E-state index contributed by atoms with van der Waals surface area (Å²) in [7, 11) is 0. The molecule has 2 saturated heterocycles. The van der Waals surface area contributed by atoms with Gasteiger partial charge in [0.1, 0.15) is 0 Å². The van der Waals surface area contributed by atoms with Crippen LogP contribution in [0.3, 0.4) is 0 Å². The Morgan fingerprint density at radius 2 is 1.67 bits per heavy atom. The summed E-state index contributed by atoms with van der Waals surface area (Å²) in [5.74, 6) is 0. The van der Waals surface area contributed by atoms with E-state index in [1.165, 1.54) is 38.6 Å². The normalized spacial score (nSPS) is 37.2. The van der Waals surface area contributed by atoms with Crippen molar-refractivity contribution in [1.82, 2.24) is 4.90 Å². The molecule has 0 aromatic carbocycles. The molecule has 2 unspecified atom stereocenters. The maximum atomic E-state index is 3.80. The lowest BCUT2D eigenvalue weighted by Gasteiger charge is -2.38. The minimum Gasteiger partial charge on any atom is -0.297 e. The van der Waals surface area contributed by atoms with E-state index < -0.39 is 0 Å². The third-order valence-electron chi connectivity index (χ3n) is 3.95. The van der Waals surface area contributed by atoms with Crippen LogP contribution in [0.1, 0.15) is 52.9 Å². The molecule has 0 radical (unpaired) electrons. The van der Waals surface area contributed by atoms with Gasteiger partial charge in [-0.1, -0.05) is 36.7 Å². The fraction of sp³-hybridized carbons (Fsp3) is 1.00. The SMILES string of the molecule is CC(C)(C)CCN1C2CCC1CC(Br)C2. The molecule has 0 amide bonds. The van der Waals surface area contributed by atoms with Crippen molar-refractivity contribution in [2.45, 2.75) is 69.8 Å². The van der Waals surface area contributed by atoms with E-state index in [4.69, 9.17) is 0 Å². The second-order valence-electron chi connectivity index (χ2n) is 6.50. The fourth-order valence-corrected chi connectivity index (χ4v) is 3.90. The van der Waals surface area contributed by atoms with E-state index in [0.717, 1.165) is 16.9 Å². The van der Waals surface area contributed by atoms with Crippen molar-refractivity contribution in [2.24, 2.45) is 5.41 Å². The molecular weight excluding hydrogens is 250 g/mol. The molecule has 2 heterocycles. The van der Waals surface area contributed by atoms with Crippen LogP contribution in [-0.2, 0) is 0 Å². The summed E-state index contributed by atoms with van der Waals surface area (Å²) >= 11 is 3.80. The van der Waals surface area contributed by atoms with Gasteiger partial charge in [-0.15, -0.1) is 0 Å². The highest BCUT2D eigenvalue weighted by Gasteiger charge is 2.39. The molecule has 0 aliphatic carbocycles. The van der Waals surface area contributed by atoms with Gasteiger partial charge in [0.05, 0.1) is 0 Å². The second-order valence-corrected chi connectivity index (χ2v) is 7.80. The summed E-state index contributed by atoms with van der Waals surface area (Å²) in [6.07, 6.45) is 6.97. The number of fused-ring (bicyclic) bond motifs is 2. The molecule has 0 aromatic rings. The number of halogens is 1. The van der Waals surface area contributed by atoms with Crippen molar-refractivity contribution in [3.05, 3.63) is 0 Å². The van der Waals surface area contributed by atoms with Crippen molar-refractivity contribution < 1.29 is 0 Å². The number of hydrogen-bond donors (Lipinski definition) is 0. The molecule has 0 spiro atoms. The molecule has 15 heavy (non-hydrogen) atoms. The van der Waals surface area contributed by atoms with Crippen LogP contribution in [0, 0.1) is 5.41 Å². The van der Waals surface area contributed by atoms with E-state index in [2.05, 4.69) is 41.6 Å². The van der Waals surface area contributed by atoms with Gasteiger partial charge in [-0.05, 0) is 44.1 Å². The van der Waals surface area contributed by atoms with Crippen LogP contribution in [0.25, 0.3) is 0 Å². The summed E-state index contributed by atoms with van der Waals surface area (Å²) in [5.41, 5.74) is 0.491. The number of piperidine rings is 1. The zero-order chi connectivity index (χ0) is 11.1. The zero-order valence-corrected chi connectivity index (χ0v) is 11.9. The van der Waals surface area contributed by atoms with Gasteiger partial charge in [-0.2, -0.15) is 0 Å². The van der Waals surface area contributed by atoms with Crippen LogP contribution in [-0.4, -0.2) is 28.4 Å². The van der Waals surface area contributed by atoms with Crippen LogP contribution < -0.4 is 0 Å². The molecule has 2 rings (SSSR count). The average molecular weight is 274 g/mol. The van der Waals surface area contributed by atoms with Crippen LogP contribution in [0.5, 0.6) is 0 Å². The summed E-state index contributed by atoms with van der Waals surface area (Å²) in [6, 6.07) is 1.77. The molecule has 0 N–H and O–H groups in total. The topological polar surface area (TPSA) is 3.24 Å². The quantitative estimate of drug-likeness (QED) is 0.692. The molecule has 2 heteroatoms. The highest BCUT2D eigenvalue weighted by atomic mass is 79.9. The molecule has 1 nitrogen and oxygen atoms in total. The Kier molecular flexibility index (Phi) is 3.47. The predicted octanol–water partition coefficient (Wildman–Crippen LogP) is 3.81. The van der Waals surface area contributed by atoms with Gasteiger partial charge in [0.15, 0.2) is 0 Å². The van der Waals surface area contributed by atoms with Gasteiger partial charge in [0, 0.05) is 16.9 Å². The first-order valence-corrected chi connectivity index (χ1v) is 7.27. The van der Waals surface area contributed by atoms with E-state index in [-0.39, 0.29) is 0 Å². The Bertz CT molecular complexity index is 207. The van der Waals surface area contributed by atoms with Crippen molar-refractivity contribution in [3.8, 4) is 0 Å². The first-order valence-electron chi connectivity index (χ1n) is 6.35.